The van der Waals surface area contributed by atoms with Gasteiger partial charge in [0.25, 0.3) is 0 Å². The van der Waals surface area contributed by atoms with Crippen LogP contribution in [0.15, 0.2) is 48.5 Å². The molecule has 0 saturated carbocycles. The van der Waals surface area contributed by atoms with Crippen LogP contribution in [-0.4, -0.2) is 46.1 Å². The molecule has 5 rings (SSSR count). The lowest BCUT2D eigenvalue weighted by Gasteiger charge is -2.12. The molecule has 0 spiro atoms. The first-order valence-corrected chi connectivity index (χ1v) is 10.4. The van der Waals surface area contributed by atoms with Crippen LogP contribution in [0.5, 0.6) is 5.75 Å². The molecule has 1 aliphatic heterocycles. The molecule has 2 aromatic heterocycles. The molecule has 3 N–H and O–H groups in total. The summed E-state index contributed by atoms with van der Waals surface area (Å²) in [5.74, 6) is 1.07. The van der Waals surface area contributed by atoms with Crippen molar-refractivity contribution in [3.8, 4) is 22.7 Å². The molecule has 1 aliphatic rings. The van der Waals surface area contributed by atoms with Crippen LogP contribution < -0.4 is 15.8 Å². The summed E-state index contributed by atoms with van der Waals surface area (Å²) in [6, 6.07) is 13.6. The normalized spacial score (nSPS) is 15.9. The Labute approximate surface area is 184 Å². The number of methoxy groups -OCH3 is 1. The highest BCUT2D eigenvalue weighted by Crippen LogP contribution is 2.34. The summed E-state index contributed by atoms with van der Waals surface area (Å²) in [6.07, 6.45) is 2.18. The molecular weight excluding hydrogens is 411 g/mol. The number of nitrogens with two attached hydrogens (primary N) is 1. The number of nitrogen functional groups attached to an aromatic ring is 1. The number of aromatic nitrogens is 4. The Morgan fingerprint density at radius 2 is 2.09 bits per heavy atom. The number of fused-ring (bicyclic) bond motifs is 1. The second-order valence-corrected chi connectivity index (χ2v) is 7.62. The van der Waals surface area contributed by atoms with E-state index in [0.717, 1.165) is 25.0 Å². The van der Waals surface area contributed by atoms with Crippen molar-refractivity contribution in [3.05, 3.63) is 54.3 Å². The first-order chi connectivity index (χ1) is 15.6. The van der Waals surface area contributed by atoms with Gasteiger partial charge in [0.15, 0.2) is 5.65 Å². The van der Waals surface area contributed by atoms with Gasteiger partial charge in [0.05, 0.1) is 30.0 Å². The molecular formula is C23H23FN6O2. The van der Waals surface area contributed by atoms with Crippen LogP contribution in [0, 0.1) is 5.82 Å². The highest BCUT2D eigenvalue weighted by atomic mass is 19.1. The number of benzene rings is 2. The fraction of sp³-hybridized carbons (Fsp3) is 0.261. The zero-order valence-electron chi connectivity index (χ0n) is 17.6. The van der Waals surface area contributed by atoms with Gasteiger partial charge in [-0.05, 0) is 43.2 Å². The number of ether oxygens (including phenoxy) is 2. The van der Waals surface area contributed by atoms with Gasteiger partial charge in [0, 0.05) is 18.7 Å². The molecule has 9 heteroatoms. The maximum atomic E-state index is 13.8. The number of nitrogens with zero attached hydrogens (tertiary/aromatic N) is 4. The number of rotatable bonds is 6. The van der Waals surface area contributed by atoms with Crippen LogP contribution in [0.1, 0.15) is 12.8 Å². The van der Waals surface area contributed by atoms with Crippen LogP contribution in [0.3, 0.4) is 0 Å². The number of halogens is 1. The van der Waals surface area contributed by atoms with E-state index in [1.54, 1.807) is 19.2 Å². The molecule has 0 amide bonds. The largest absolute Gasteiger partial charge is 0.497 e. The minimum absolute atomic E-state index is 0.129. The maximum Gasteiger partial charge on any atom is 0.225 e. The number of nitrogens with one attached hydrogen (secondary N) is 1. The molecule has 3 heterocycles. The third-order valence-electron chi connectivity index (χ3n) is 5.48. The fourth-order valence-electron chi connectivity index (χ4n) is 3.89. The average Bonchev–Trinajstić information content (AvgIpc) is 3.45. The van der Waals surface area contributed by atoms with Gasteiger partial charge in [-0.25, -0.2) is 14.1 Å². The van der Waals surface area contributed by atoms with Gasteiger partial charge in [0.2, 0.25) is 5.95 Å². The Hall–Kier alpha value is -3.72. The van der Waals surface area contributed by atoms with E-state index in [-0.39, 0.29) is 11.9 Å². The Kier molecular flexibility index (Phi) is 5.32. The minimum Gasteiger partial charge on any atom is -0.497 e. The van der Waals surface area contributed by atoms with Gasteiger partial charge in [-0.1, -0.05) is 18.2 Å². The average molecular weight is 434 g/mol. The van der Waals surface area contributed by atoms with Crippen molar-refractivity contribution in [2.75, 3.05) is 31.3 Å². The SMILES string of the molecule is COc1cccc(-c2nc(NC[C@H]3CCCO3)nc3nn(-c4cccc(F)c4)c(N)c23)c1. The fourth-order valence-corrected chi connectivity index (χ4v) is 3.89. The second kappa shape index (κ2) is 8.43. The monoisotopic (exact) mass is 434 g/mol. The lowest BCUT2D eigenvalue weighted by Crippen LogP contribution is -2.19. The summed E-state index contributed by atoms with van der Waals surface area (Å²) in [5.41, 5.74) is 8.82. The van der Waals surface area contributed by atoms with E-state index in [1.807, 2.05) is 24.3 Å². The minimum atomic E-state index is -0.375. The zero-order valence-corrected chi connectivity index (χ0v) is 17.6. The van der Waals surface area contributed by atoms with Gasteiger partial charge < -0.3 is 20.5 Å². The molecule has 8 nitrogen and oxygen atoms in total. The molecule has 1 fully saturated rings. The van der Waals surface area contributed by atoms with Gasteiger partial charge >= 0.3 is 0 Å². The van der Waals surface area contributed by atoms with E-state index < -0.39 is 0 Å². The maximum absolute atomic E-state index is 13.8. The van der Waals surface area contributed by atoms with E-state index >= 15 is 0 Å². The van der Waals surface area contributed by atoms with Crippen LogP contribution in [0.4, 0.5) is 16.2 Å². The van der Waals surface area contributed by atoms with E-state index in [4.69, 9.17) is 20.2 Å². The predicted octanol–water partition coefficient (Wildman–Crippen LogP) is 3.80. The molecule has 2 aromatic carbocycles. The molecule has 0 radical (unpaired) electrons. The van der Waals surface area contributed by atoms with Crippen molar-refractivity contribution in [1.29, 1.82) is 0 Å². The summed E-state index contributed by atoms with van der Waals surface area (Å²) >= 11 is 0. The van der Waals surface area contributed by atoms with Crippen LogP contribution in [0.25, 0.3) is 28.0 Å². The summed E-state index contributed by atoms with van der Waals surface area (Å²) < 4.78 is 26.4. The second-order valence-electron chi connectivity index (χ2n) is 7.62. The summed E-state index contributed by atoms with van der Waals surface area (Å²) in [6.45, 7) is 1.37. The van der Waals surface area contributed by atoms with Crippen molar-refractivity contribution >= 4 is 22.8 Å². The van der Waals surface area contributed by atoms with E-state index in [2.05, 4.69) is 15.4 Å². The van der Waals surface area contributed by atoms with Gasteiger partial charge in [-0.3, -0.25) is 0 Å². The van der Waals surface area contributed by atoms with E-state index in [9.17, 15) is 4.39 Å². The Bertz CT molecular complexity index is 1270. The predicted molar refractivity (Wildman–Crippen MR) is 120 cm³/mol. The first kappa shape index (κ1) is 20.2. The van der Waals surface area contributed by atoms with E-state index in [1.165, 1.54) is 16.8 Å². The van der Waals surface area contributed by atoms with Crippen molar-refractivity contribution in [2.45, 2.75) is 18.9 Å². The molecule has 0 bridgehead atoms. The summed E-state index contributed by atoms with van der Waals surface area (Å²) in [4.78, 5) is 9.33. The smallest absolute Gasteiger partial charge is 0.225 e. The number of hydrogen-bond acceptors (Lipinski definition) is 7. The van der Waals surface area contributed by atoms with Crippen molar-refractivity contribution in [1.82, 2.24) is 19.7 Å². The molecule has 0 aliphatic carbocycles. The third-order valence-corrected chi connectivity index (χ3v) is 5.48. The summed E-state index contributed by atoms with van der Waals surface area (Å²) in [7, 11) is 1.61. The topological polar surface area (TPSA) is 100 Å². The van der Waals surface area contributed by atoms with Crippen LogP contribution in [0.2, 0.25) is 0 Å². The molecule has 164 valence electrons. The van der Waals surface area contributed by atoms with Gasteiger partial charge in [-0.15, -0.1) is 5.10 Å². The lowest BCUT2D eigenvalue weighted by molar-refractivity contribution is 0.120. The van der Waals surface area contributed by atoms with Gasteiger partial charge in [0.1, 0.15) is 17.4 Å². The molecule has 1 saturated heterocycles. The standard InChI is InChI=1S/C23H23FN6O2/c1-31-17-8-2-5-14(11-17)20-19-21(25)30(16-7-3-6-15(24)12-16)29-22(19)28-23(27-20)26-13-18-9-4-10-32-18/h2-3,5-8,11-12,18H,4,9-10,13,25H2,1H3,(H,26,28,29)/t18-/m1/s1. The van der Waals surface area contributed by atoms with E-state index in [0.29, 0.717) is 46.5 Å². The number of hydrogen-bond donors (Lipinski definition) is 2. The Morgan fingerprint density at radius 3 is 2.88 bits per heavy atom. The van der Waals surface area contributed by atoms with Gasteiger partial charge in [-0.2, -0.15) is 4.98 Å². The highest BCUT2D eigenvalue weighted by Gasteiger charge is 2.21. The van der Waals surface area contributed by atoms with Crippen molar-refractivity contribution in [3.63, 3.8) is 0 Å². The molecule has 32 heavy (non-hydrogen) atoms. The van der Waals surface area contributed by atoms with Crippen molar-refractivity contribution < 1.29 is 13.9 Å². The zero-order chi connectivity index (χ0) is 22.1. The van der Waals surface area contributed by atoms with Crippen molar-refractivity contribution in [2.24, 2.45) is 0 Å². The first-order valence-electron chi connectivity index (χ1n) is 10.4. The van der Waals surface area contributed by atoms with Crippen LogP contribution in [-0.2, 0) is 4.74 Å². The molecule has 4 aromatic rings. The molecule has 1 atom stereocenters. The van der Waals surface area contributed by atoms with Crippen LogP contribution >= 0.6 is 0 Å². The quantitative estimate of drug-likeness (QED) is 0.476. The molecule has 0 unspecified atom stereocenters. The number of anilines is 2. The third kappa shape index (κ3) is 3.82. The lowest BCUT2D eigenvalue weighted by atomic mass is 10.1. The Morgan fingerprint density at radius 1 is 1.22 bits per heavy atom. The highest BCUT2D eigenvalue weighted by molar-refractivity contribution is 5.99. The summed E-state index contributed by atoms with van der Waals surface area (Å²) in [5, 5.41) is 8.42. The Balaban J connectivity index is 1.64.